The number of fused-ring (bicyclic) bond motifs is 1. The average molecular weight is 336 g/mol. The number of benzene rings is 1. The Labute approximate surface area is 144 Å². The van der Waals surface area contributed by atoms with E-state index in [0.29, 0.717) is 23.6 Å². The Morgan fingerprint density at radius 1 is 1.16 bits per heavy atom. The third-order valence-corrected chi connectivity index (χ3v) is 4.02. The van der Waals surface area contributed by atoms with Crippen LogP contribution >= 0.6 is 0 Å². The van der Waals surface area contributed by atoms with Crippen LogP contribution in [0, 0.1) is 0 Å². The quantitative estimate of drug-likeness (QED) is 0.790. The molecule has 0 spiro atoms. The van der Waals surface area contributed by atoms with Crippen molar-refractivity contribution in [1.82, 2.24) is 20.1 Å². The smallest absolute Gasteiger partial charge is 0.251 e. The largest absolute Gasteiger partial charge is 0.454 e. The molecule has 3 aromatic rings. The molecule has 1 amide bonds. The normalized spacial score (nSPS) is 12.2. The Bertz CT molecular complexity index is 921. The van der Waals surface area contributed by atoms with E-state index in [1.165, 1.54) is 0 Å². The topological polar surface area (TPSA) is 78.3 Å². The van der Waals surface area contributed by atoms with Gasteiger partial charge in [-0.15, -0.1) is 0 Å². The van der Waals surface area contributed by atoms with E-state index in [9.17, 15) is 4.79 Å². The SMILES string of the molecule is Cn1nc(-c2ccncc2)cc1CNC(=O)c1ccc2c(c1)OCO2. The molecule has 0 aliphatic carbocycles. The fourth-order valence-corrected chi connectivity index (χ4v) is 2.65. The van der Waals surface area contributed by atoms with Gasteiger partial charge in [-0.05, 0) is 36.4 Å². The molecule has 1 aliphatic rings. The number of nitrogens with zero attached hydrogens (tertiary/aromatic N) is 3. The number of nitrogens with one attached hydrogen (secondary N) is 1. The summed E-state index contributed by atoms with van der Waals surface area (Å²) in [5.41, 5.74) is 3.26. The molecule has 2 aromatic heterocycles. The fraction of sp³-hybridized carbons (Fsp3) is 0.167. The fourth-order valence-electron chi connectivity index (χ4n) is 2.65. The van der Waals surface area contributed by atoms with Gasteiger partial charge in [0.15, 0.2) is 11.5 Å². The van der Waals surface area contributed by atoms with Gasteiger partial charge >= 0.3 is 0 Å². The highest BCUT2D eigenvalue weighted by atomic mass is 16.7. The Kier molecular flexibility index (Phi) is 3.81. The molecular formula is C18H16N4O3. The van der Waals surface area contributed by atoms with E-state index in [1.54, 1.807) is 35.3 Å². The van der Waals surface area contributed by atoms with Crippen LogP contribution in [0.15, 0.2) is 48.8 Å². The zero-order valence-electron chi connectivity index (χ0n) is 13.6. The number of amides is 1. The standard InChI is InChI=1S/C18H16N4O3/c1-22-14(9-15(21-22)12-4-6-19-7-5-12)10-20-18(23)13-2-3-16-17(8-13)25-11-24-16/h2-9H,10-11H2,1H3,(H,20,23). The van der Waals surface area contributed by atoms with Crippen molar-refractivity contribution in [3.8, 4) is 22.8 Å². The maximum Gasteiger partial charge on any atom is 0.251 e. The Balaban J connectivity index is 1.46. The third-order valence-electron chi connectivity index (χ3n) is 4.02. The van der Waals surface area contributed by atoms with Gasteiger partial charge in [-0.1, -0.05) is 0 Å². The number of hydrogen-bond donors (Lipinski definition) is 1. The van der Waals surface area contributed by atoms with Crippen molar-refractivity contribution in [2.75, 3.05) is 6.79 Å². The van der Waals surface area contributed by atoms with Crippen molar-refractivity contribution in [3.05, 3.63) is 60.0 Å². The minimum absolute atomic E-state index is 0.176. The summed E-state index contributed by atoms with van der Waals surface area (Å²) in [6.45, 7) is 0.565. The minimum atomic E-state index is -0.176. The van der Waals surface area contributed by atoms with Crippen molar-refractivity contribution in [2.45, 2.75) is 6.54 Å². The molecule has 7 heteroatoms. The lowest BCUT2D eigenvalue weighted by atomic mass is 10.2. The van der Waals surface area contributed by atoms with Gasteiger partial charge in [-0.2, -0.15) is 5.10 Å². The molecular weight excluding hydrogens is 320 g/mol. The van der Waals surface area contributed by atoms with Crippen LogP contribution in [0.1, 0.15) is 16.1 Å². The minimum Gasteiger partial charge on any atom is -0.454 e. The second-order valence-corrected chi connectivity index (χ2v) is 5.63. The summed E-state index contributed by atoms with van der Waals surface area (Å²) in [5, 5.41) is 7.38. The molecule has 0 unspecified atom stereocenters. The number of pyridine rings is 1. The zero-order chi connectivity index (χ0) is 17.2. The van der Waals surface area contributed by atoms with Crippen molar-refractivity contribution in [1.29, 1.82) is 0 Å². The monoisotopic (exact) mass is 336 g/mol. The van der Waals surface area contributed by atoms with Gasteiger partial charge in [-0.3, -0.25) is 14.5 Å². The van der Waals surface area contributed by atoms with Gasteiger partial charge in [0.1, 0.15) is 0 Å². The van der Waals surface area contributed by atoms with Crippen LogP contribution in [0.4, 0.5) is 0 Å². The predicted molar refractivity (Wildman–Crippen MR) is 90.2 cm³/mol. The average Bonchev–Trinajstić information content (AvgIpc) is 3.26. The summed E-state index contributed by atoms with van der Waals surface area (Å²) >= 11 is 0. The van der Waals surface area contributed by atoms with Gasteiger partial charge in [0.2, 0.25) is 6.79 Å². The van der Waals surface area contributed by atoms with Crippen LogP contribution < -0.4 is 14.8 Å². The van der Waals surface area contributed by atoms with Crippen LogP contribution in [0.5, 0.6) is 11.5 Å². The molecule has 0 fully saturated rings. The Morgan fingerprint density at radius 2 is 1.96 bits per heavy atom. The number of hydrogen-bond acceptors (Lipinski definition) is 5. The first-order valence-corrected chi connectivity index (χ1v) is 7.82. The van der Waals surface area contributed by atoms with Crippen LogP contribution in [-0.2, 0) is 13.6 Å². The number of carbonyl (C=O) groups is 1. The second-order valence-electron chi connectivity index (χ2n) is 5.63. The first-order chi connectivity index (χ1) is 12.2. The number of aromatic nitrogens is 3. The molecule has 0 saturated heterocycles. The van der Waals surface area contributed by atoms with Crippen LogP contribution in [0.25, 0.3) is 11.3 Å². The van der Waals surface area contributed by atoms with E-state index in [-0.39, 0.29) is 12.7 Å². The van der Waals surface area contributed by atoms with Gasteiger partial charge in [-0.25, -0.2) is 0 Å². The van der Waals surface area contributed by atoms with Crippen LogP contribution in [0.2, 0.25) is 0 Å². The molecule has 1 N–H and O–H groups in total. The molecule has 1 aromatic carbocycles. The van der Waals surface area contributed by atoms with Crippen molar-refractivity contribution >= 4 is 5.91 Å². The second kappa shape index (κ2) is 6.27. The van der Waals surface area contributed by atoms with Gasteiger partial charge in [0.05, 0.1) is 17.9 Å². The van der Waals surface area contributed by atoms with Gasteiger partial charge in [0, 0.05) is 30.6 Å². The molecule has 0 bridgehead atoms. The molecule has 0 atom stereocenters. The number of rotatable bonds is 4. The summed E-state index contributed by atoms with van der Waals surface area (Å²) < 4.78 is 12.3. The maximum atomic E-state index is 12.4. The van der Waals surface area contributed by atoms with E-state index in [2.05, 4.69) is 15.4 Å². The zero-order valence-corrected chi connectivity index (χ0v) is 13.6. The lowest BCUT2D eigenvalue weighted by Crippen LogP contribution is -2.23. The first-order valence-electron chi connectivity index (χ1n) is 7.82. The number of carbonyl (C=O) groups excluding carboxylic acids is 1. The van der Waals surface area contributed by atoms with Gasteiger partial charge in [0.25, 0.3) is 5.91 Å². The Hall–Kier alpha value is -3.35. The molecule has 25 heavy (non-hydrogen) atoms. The molecule has 0 saturated carbocycles. The highest BCUT2D eigenvalue weighted by Gasteiger charge is 2.16. The number of aryl methyl sites for hydroxylation is 1. The Morgan fingerprint density at radius 3 is 2.80 bits per heavy atom. The van der Waals surface area contributed by atoms with Crippen molar-refractivity contribution in [3.63, 3.8) is 0 Å². The molecule has 1 aliphatic heterocycles. The highest BCUT2D eigenvalue weighted by Crippen LogP contribution is 2.32. The summed E-state index contributed by atoms with van der Waals surface area (Å²) in [5.74, 6) is 1.07. The lowest BCUT2D eigenvalue weighted by molar-refractivity contribution is 0.0949. The first kappa shape index (κ1) is 15.2. The van der Waals surface area contributed by atoms with E-state index >= 15 is 0 Å². The highest BCUT2D eigenvalue weighted by molar-refractivity contribution is 5.94. The summed E-state index contributed by atoms with van der Waals surface area (Å²) in [6.07, 6.45) is 3.45. The van der Waals surface area contributed by atoms with E-state index in [4.69, 9.17) is 9.47 Å². The number of ether oxygens (including phenoxy) is 2. The molecule has 126 valence electrons. The van der Waals surface area contributed by atoms with Crippen LogP contribution in [-0.4, -0.2) is 27.5 Å². The predicted octanol–water partition coefficient (Wildman–Crippen LogP) is 2.14. The maximum absolute atomic E-state index is 12.4. The van der Waals surface area contributed by atoms with Gasteiger partial charge < -0.3 is 14.8 Å². The van der Waals surface area contributed by atoms with Crippen molar-refractivity contribution in [2.24, 2.45) is 7.05 Å². The third kappa shape index (κ3) is 3.03. The summed E-state index contributed by atoms with van der Waals surface area (Å²) in [7, 11) is 1.85. The molecule has 7 nitrogen and oxygen atoms in total. The van der Waals surface area contributed by atoms with E-state index in [0.717, 1.165) is 17.0 Å². The summed E-state index contributed by atoms with van der Waals surface area (Å²) in [6, 6.07) is 10.9. The lowest BCUT2D eigenvalue weighted by Gasteiger charge is -2.06. The summed E-state index contributed by atoms with van der Waals surface area (Å²) in [4.78, 5) is 16.4. The van der Waals surface area contributed by atoms with Crippen LogP contribution in [0.3, 0.4) is 0 Å². The molecule has 0 radical (unpaired) electrons. The molecule has 4 rings (SSSR count). The molecule has 3 heterocycles. The van der Waals surface area contributed by atoms with Crippen molar-refractivity contribution < 1.29 is 14.3 Å². The van der Waals surface area contributed by atoms with E-state index < -0.39 is 0 Å². The van der Waals surface area contributed by atoms with E-state index in [1.807, 2.05) is 25.2 Å².